The lowest BCUT2D eigenvalue weighted by molar-refractivity contribution is 0.0700. The summed E-state index contributed by atoms with van der Waals surface area (Å²) in [5.74, 6) is -1.03. The summed E-state index contributed by atoms with van der Waals surface area (Å²) in [5, 5.41) is 8.83. The van der Waals surface area contributed by atoms with E-state index in [9.17, 15) is 9.59 Å². The molecule has 0 unspecified atom stereocenters. The Labute approximate surface area is 91.6 Å². The molecule has 0 saturated carbocycles. The van der Waals surface area contributed by atoms with Crippen LogP contribution in [-0.4, -0.2) is 41.2 Å². The largest absolute Gasteiger partial charge is 0.477 e. The molecule has 0 spiro atoms. The van der Waals surface area contributed by atoms with Gasteiger partial charge in [-0.05, 0) is 21.0 Å². The predicted octanol–water partition coefficient (Wildman–Crippen LogP) is 0.478. The van der Waals surface area contributed by atoms with Crippen molar-refractivity contribution in [3.05, 3.63) is 20.2 Å². The molecule has 6 heteroatoms. The van der Waals surface area contributed by atoms with Gasteiger partial charge < -0.3 is 14.6 Å². The normalized spacial score (nSPS) is 10.9. The first-order valence-electron chi connectivity index (χ1n) is 4.51. The minimum atomic E-state index is -1.03. The molecule has 0 fully saturated rings. The van der Waals surface area contributed by atoms with E-state index in [4.69, 9.17) is 5.11 Å². The summed E-state index contributed by atoms with van der Waals surface area (Å²) in [6.07, 6.45) is 0. The van der Waals surface area contributed by atoms with Crippen LogP contribution in [0.3, 0.4) is 0 Å². The van der Waals surface area contributed by atoms with Gasteiger partial charge in [-0.3, -0.25) is 4.79 Å². The molecule has 15 heavy (non-hydrogen) atoms. The van der Waals surface area contributed by atoms with E-state index in [0.29, 0.717) is 12.2 Å². The van der Waals surface area contributed by atoms with E-state index in [-0.39, 0.29) is 9.75 Å². The number of hydrogen-bond donors (Lipinski definition) is 1. The first-order valence-corrected chi connectivity index (χ1v) is 5.33. The zero-order valence-electron chi connectivity index (χ0n) is 8.98. The molecule has 0 aliphatic heterocycles. The minimum absolute atomic E-state index is 0.138. The van der Waals surface area contributed by atoms with Gasteiger partial charge in [-0.1, -0.05) is 11.3 Å². The second kappa shape index (κ2) is 4.59. The van der Waals surface area contributed by atoms with Crippen LogP contribution >= 0.6 is 11.3 Å². The second-order valence-corrected chi connectivity index (χ2v) is 4.50. The van der Waals surface area contributed by atoms with Crippen LogP contribution in [0, 0.1) is 6.92 Å². The van der Waals surface area contributed by atoms with Crippen molar-refractivity contribution in [3.63, 3.8) is 0 Å². The van der Waals surface area contributed by atoms with E-state index in [1.54, 1.807) is 6.92 Å². The summed E-state index contributed by atoms with van der Waals surface area (Å²) in [6.45, 7) is 2.91. The highest BCUT2D eigenvalue weighted by atomic mass is 32.1. The van der Waals surface area contributed by atoms with Gasteiger partial charge in [-0.25, -0.2) is 4.79 Å². The zero-order chi connectivity index (χ0) is 11.6. The Kier molecular flexibility index (Phi) is 3.65. The average Bonchev–Trinajstić information content (AvgIpc) is 2.39. The van der Waals surface area contributed by atoms with Gasteiger partial charge in [-0.2, -0.15) is 0 Å². The molecular weight excluding hydrogens is 216 g/mol. The van der Waals surface area contributed by atoms with Crippen LogP contribution in [0.5, 0.6) is 0 Å². The summed E-state index contributed by atoms with van der Waals surface area (Å²) in [6, 6.07) is 0. The van der Waals surface area contributed by atoms with Crippen LogP contribution in [0.1, 0.15) is 15.4 Å². The van der Waals surface area contributed by atoms with Crippen molar-refractivity contribution in [2.24, 2.45) is 0 Å². The van der Waals surface area contributed by atoms with Crippen molar-refractivity contribution >= 4 is 17.3 Å². The maximum Gasteiger partial charge on any atom is 0.347 e. The van der Waals surface area contributed by atoms with E-state index in [1.807, 2.05) is 19.0 Å². The SMILES string of the molecule is Cc1c(C(=O)O)sc(=O)n1CCN(C)C. The number of carboxylic acid groups (broad SMARTS) is 1. The van der Waals surface area contributed by atoms with Gasteiger partial charge in [0, 0.05) is 18.8 Å². The van der Waals surface area contributed by atoms with Crippen molar-refractivity contribution in [1.82, 2.24) is 9.47 Å². The maximum absolute atomic E-state index is 11.5. The fraction of sp³-hybridized carbons (Fsp3) is 0.556. The van der Waals surface area contributed by atoms with Crippen molar-refractivity contribution < 1.29 is 9.90 Å². The van der Waals surface area contributed by atoms with Crippen molar-refractivity contribution in [1.29, 1.82) is 0 Å². The Hall–Kier alpha value is -1.14. The molecule has 84 valence electrons. The summed E-state index contributed by atoms with van der Waals surface area (Å²) in [5.41, 5.74) is 0.541. The third-order valence-corrected chi connectivity index (χ3v) is 3.18. The highest BCUT2D eigenvalue weighted by molar-refractivity contribution is 7.11. The number of rotatable bonds is 4. The molecule has 0 saturated heterocycles. The quantitative estimate of drug-likeness (QED) is 0.817. The Morgan fingerprint density at radius 2 is 2.13 bits per heavy atom. The van der Waals surface area contributed by atoms with Gasteiger partial charge in [0.15, 0.2) is 0 Å². The van der Waals surface area contributed by atoms with E-state index in [1.165, 1.54) is 4.57 Å². The molecule has 0 radical (unpaired) electrons. The third kappa shape index (κ3) is 2.66. The summed E-state index contributed by atoms with van der Waals surface area (Å²) < 4.78 is 1.51. The van der Waals surface area contributed by atoms with Crippen LogP contribution in [0.25, 0.3) is 0 Å². The van der Waals surface area contributed by atoms with E-state index in [0.717, 1.165) is 17.9 Å². The molecule has 0 aromatic carbocycles. The predicted molar refractivity (Wildman–Crippen MR) is 58.8 cm³/mol. The molecule has 0 bridgehead atoms. The smallest absolute Gasteiger partial charge is 0.347 e. The molecule has 1 aromatic heterocycles. The lowest BCUT2D eigenvalue weighted by Crippen LogP contribution is -2.24. The van der Waals surface area contributed by atoms with Gasteiger partial charge >= 0.3 is 10.8 Å². The van der Waals surface area contributed by atoms with Crippen molar-refractivity contribution in [3.8, 4) is 0 Å². The monoisotopic (exact) mass is 230 g/mol. The number of hydrogen-bond acceptors (Lipinski definition) is 4. The Morgan fingerprint density at radius 3 is 2.53 bits per heavy atom. The highest BCUT2D eigenvalue weighted by Crippen LogP contribution is 2.11. The minimum Gasteiger partial charge on any atom is -0.477 e. The van der Waals surface area contributed by atoms with Crippen LogP contribution in [0.2, 0.25) is 0 Å². The van der Waals surface area contributed by atoms with Crippen LogP contribution < -0.4 is 4.87 Å². The average molecular weight is 230 g/mol. The topological polar surface area (TPSA) is 62.5 Å². The molecule has 1 heterocycles. The molecule has 0 aliphatic rings. The fourth-order valence-corrected chi connectivity index (χ4v) is 2.09. The summed E-state index contributed by atoms with van der Waals surface area (Å²) >= 11 is 0.790. The Balaban J connectivity index is 2.98. The fourth-order valence-electron chi connectivity index (χ4n) is 1.23. The molecule has 0 aliphatic carbocycles. The number of thiazole rings is 1. The number of aromatic carboxylic acids is 1. The van der Waals surface area contributed by atoms with Gasteiger partial charge in [-0.15, -0.1) is 0 Å². The van der Waals surface area contributed by atoms with Gasteiger partial charge in [0.1, 0.15) is 4.88 Å². The summed E-state index contributed by atoms with van der Waals surface area (Å²) in [4.78, 5) is 24.1. The van der Waals surface area contributed by atoms with Gasteiger partial charge in [0.25, 0.3) is 0 Å². The zero-order valence-corrected chi connectivity index (χ0v) is 9.80. The van der Waals surface area contributed by atoms with Crippen molar-refractivity contribution in [2.45, 2.75) is 13.5 Å². The highest BCUT2D eigenvalue weighted by Gasteiger charge is 2.16. The molecule has 5 nitrogen and oxygen atoms in total. The van der Waals surface area contributed by atoms with Crippen molar-refractivity contribution in [2.75, 3.05) is 20.6 Å². The first kappa shape index (κ1) is 11.9. The number of nitrogens with zero attached hydrogens (tertiary/aromatic N) is 2. The van der Waals surface area contributed by atoms with Gasteiger partial charge in [0.2, 0.25) is 0 Å². The molecule has 0 amide bonds. The van der Waals surface area contributed by atoms with Gasteiger partial charge in [0.05, 0.1) is 0 Å². The second-order valence-electron chi connectivity index (χ2n) is 3.54. The number of aromatic nitrogens is 1. The van der Waals surface area contributed by atoms with E-state index in [2.05, 4.69) is 0 Å². The molecule has 1 aromatic rings. The third-order valence-electron chi connectivity index (χ3n) is 2.11. The lowest BCUT2D eigenvalue weighted by Gasteiger charge is -2.10. The molecule has 1 rings (SSSR count). The molecule has 1 N–H and O–H groups in total. The molecular formula is C9H14N2O3S. The lowest BCUT2D eigenvalue weighted by atomic mass is 10.4. The van der Waals surface area contributed by atoms with E-state index >= 15 is 0 Å². The van der Waals surface area contributed by atoms with Crippen LogP contribution in [0.4, 0.5) is 0 Å². The standard InChI is InChI=1S/C9H14N2O3S/c1-6-7(8(12)13)15-9(14)11(6)5-4-10(2)3/h4-5H2,1-3H3,(H,12,13). The number of carboxylic acids is 1. The Bertz CT molecular complexity index is 419. The number of likely N-dealkylation sites (N-methyl/N-ethyl adjacent to an activating group) is 1. The van der Waals surface area contributed by atoms with Crippen LogP contribution in [-0.2, 0) is 6.54 Å². The van der Waals surface area contributed by atoms with E-state index < -0.39 is 5.97 Å². The molecule has 0 atom stereocenters. The first-order chi connectivity index (χ1) is 6.93. The Morgan fingerprint density at radius 1 is 1.53 bits per heavy atom. The summed E-state index contributed by atoms with van der Waals surface area (Å²) in [7, 11) is 3.82. The van der Waals surface area contributed by atoms with Crippen LogP contribution in [0.15, 0.2) is 4.79 Å². The maximum atomic E-state index is 11.5. The number of carbonyl (C=O) groups is 1.